The number of carbonyl (C=O) groups is 1. The Kier molecular flexibility index (Phi) is 4.58. The lowest BCUT2D eigenvalue weighted by atomic mass is 9.85. The largest absolute Gasteiger partial charge is 0.340 e. The van der Waals surface area contributed by atoms with Crippen LogP contribution in [0.2, 0.25) is 0 Å². The first-order chi connectivity index (χ1) is 7.06. The SMILES string of the molecule is CCN(C(=O)C1CCC(N)CC1)C(C)C. The van der Waals surface area contributed by atoms with Crippen LogP contribution < -0.4 is 5.73 Å². The normalized spacial score (nSPS) is 26.7. The van der Waals surface area contributed by atoms with Gasteiger partial charge in [0.1, 0.15) is 0 Å². The highest BCUT2D eigenvalue weighted by Gasteiger charge is 2.28. The standard InChI is InChI=1S/C12H24N2O/c1-4-14(9(2)3)12(15)10-5-7-11(13)8-6-10/h9-11H,4-8,13H2,1-3H3. The third-order valence-corrected chi connectivity index (χ3v) is 3.37. The zero-order valence-corrected chi connectivity index (χ0v) is 10.2. The summed E-state index contributed by atoms with van der Waals surface area (Å²) in [5.74, 6) is 0.562. The molecule has 1 saturated carbocycles. The summed E-state index contributed by atoms with van der Waals surface area (Å²) in [6.07, 6.45) is 3.96. The van der Waals surface area contributed by atoms with Gasteiger partial charge >= 0.3 is 0 Å². The maximum atomic E-state index is 12.2. The second kappa shape index (κ2) is 5.50. The summed E-state index contributed by atoms with van der Waals surface area (Å²) in [7, 11) is 0. The highest BCUT2D eigenvalue weighted by Crippen LogP contribution is 2.25. The van der Waals surface area contributed by atoms with E-state index >= 15 is 0 Å². The summed E-state index contributed by atoms with van der Waals surface area (Å²) < 4.78 is 0. The minimum absolute atomic E-state index is 0.229. The molecule has 0 aromatic carbocycles. The molecule has 0 atom stereocenters. The zero-order chi connectivity index (χ0) is 11.4. The first-order valence-electron chi connectivity index (χ1n) is 6.12. The lowest BCUT2D eigenvalue weighted by Crippen LogP contribution is -2.42. The molecule has 0 spiro atoms. The van der Waals surface area contributed by atoms with Crippen LogP contribution in [-0.4, -0.2) is 29.4 Å². The van der Waals surface area contributed by atoms with Crippen LogP contribution in [0, 0.1) is 5.92 Å². The minimum Gasteiger partial charge on any atom is -0.340 e. The summed E-state index contributed by atoms with van der Waals surface area (Å²) in [4.78, 5) is 14.1. The Hall–Kier alpha value is -0.570. The molecule has 1 aliphatic carbocycles. The van der Waals surface area contributed by atoms with Gasteiger partial charge in [-0.05, 0) is 46.5 Å². The van der Waals surface area contributed by atoms with Gasteiger partial charge in [-0.2, -0.15) is 0 Å². The maximum Gasteiger partial charge on any atom is 0.225 e. The molecule has 0 unspecified atom stereocenters. The molecule has 2 N–H and O–H groups in total. The summed E-state index contributed by atoms with van der Waals surface area (Å²) in [6.45, 7) is 7.03. The molecule has 88 valence electrons. The van der Waals surface area contributed by atoms with Crippen LogP contribution in [0.4, 0.5) is 0 Å². The van der Waals surface area contributed by atoms with Crippen LogP contribution in [0.25, 0.3) is 0 Å². The number of hydrogen-bond acceptors (Lipinski definition) is 2. The molecule has 1 fully saturated rings. The second-order valence-electron chi connectivity index (χ2n) is 4.83. The van der Waals surface area contributed by atoms with Gasteiger partial charge in [-0.25, -0.2) is 0 Å². The van der Waals surface area contributed by atoms with Crippen molar-refractivity contribution < 1.29 is 4.79 Å². The van der Waals surface area contributed by atoms with E-state index < -0.39 is 0 Å². The van der Waals surface area contributed by atoms with E-state index in [0.29, 0.717) is 18.0 Å². The van der Waals surface area contributed by atoms with E-state index in [2.05, 4.69) is 13.8 Å². The molecule has 0 bridgehead atoms. The van der Waals surface area contributed by atoms with Gasteiger partial charge in [0.2, 0.25) is 5.91 Å². The van der Waals surface area contributed by atoms with Gasteiger partial charge in [0.15, 0.2) is 0 Å². The summed E-state index contributed by atoms with van der Waals surface area (Å²) in [5, 5.41) is 0. The molecule has 3 nitrogen and oxygen atoms in total. The van der Waals surface area contributed by atoms with Crippen molar-refractivity contribution in [1.82, 2.24) is 4.90 Å². The third-order valence-electron chi connectivity index (χ3n) is 3.37. The molecule has 1 amide bonds. The van der Waals surface area contributed by atoms with Crippen molar-refractivity contribution >= 4 is 5.91 Å². The van der Waals surface area contributed by atoms with E-state index in [4.69, 9.17) is 5.73 Å². The van der Waals surface area contributed by atoms with E-state index in [0.717, 1.165) is 32.2 Å². The fraction of sp³-hybridized carbons (Fsp3) is 0.917. The van der Waals surface area contributed by atoms with Gasteiger partial charge in [0.25, 0.3) is 0 Å². The van der Waals surface area contributed by atoms with Gasteiger partial charge in [-0.15, -0.1) is 0 Å². The van der Waals surface area contributed by atoms with Gasteiger partial charge in [0.05, 0.1) is 0 Å². The average molecular weight is 212 g/mol. The molecule has 0 aliphatic heterocycles. The van der Waals surface area contributed by atoms with Crippen LogP contribution in [0.1, 0.15) is 46.5 Å². The van der Waals surface area contributed by atoms with E-state index in [1.54, 1.807) is 0 Å². The van der Waals surface area contributed by atoms with Crippen LogP contribution in [0.5, 0.6) is 0 Å². The fourth-order valence-electron chi connectivity index (χ4n) is 2.38. The van der Waals surface area contributed by atoms with Crippen molar-refractivity contribution in [2.75, 3.05) is 6.54 Å². The summed E-state index contributed by atoms with van der Waals surface area (Å²) in [5.41, 5.74) is 5.84. The van der Waals surface area contributed by atoms with Crippen molar-refractivity contribution in [2.45, 2.75) is 58.5 Å². The van der Waals surface area contributed by atoms with Crippen LogP contribution >= 0.6 is 0 Å². The fourth-order valence-corrected chi connectivity index (χ4v) is 2.38. The number of nitrogens with two attached hydrogens (primary N) is 1. The lowest BCUT2D eigenvalue weighted by Gasteiger charge is -2.32. The second-order valence-corrected chi connectivity index (χ2v) is 4.83. The predicted molar refractivity (Wildman–Crippen MR) is 62.5 cm³/mol. The third kappa shape index (κ3) is 3.20. The molecule has 0 saturated heterocycles. The molecule has 15 heavy (non-hydrogen) atoms. The highest BCUT2D eigenvalue weighted by atomic mass is 16.2. The first-order valence-corrected chi connectivity index (χ1v) is 6.12. The smallest absolute Gasteiger partial charge is 0.225 e. The highest BCUT2D eigenvalue weighted by molar-refractivity contribution is 5.79. The number of nitrogens with zero attached hydrogens (tertiary/aromatic N) is 1. The summed E-state index contributed by atoms with van der Waals surface area (Å²) in [6, 6.07) is 0.640. The van der Waals surface area contributed by atoms with Crippen molar-refractivity contribution in [2.24, 2.45) is 11.7 Å². The molecule has 1 aliphatic rings. The Labute approximate surface area is 93.0 Å². The Bertz CT molecular complexity index is 208. The maximum absolute atomic E-state index is 12.2. The number of rotatable bonds is 3. The average Bonchev–Trinajstić information content (AvgIpc) is 2.19. The number of amides is 1. The Morgan fingerprint density at radius 2 is 1.87 bits per heavy atom. The molecule has 0 aromatic rings. The van der Waals surface area contributed by atoms with Crippen LogP contribution in [-0.2, 0) is 4.79 Å². The van der Waals surface area contributed by atoms with Gasteiger partial charge < -0.3 is 10.6 Å². The van der Waals surface area contributed by atoms with Crippen LogP contribution in [0.15, 0.2) is 0 Å². The quantitative estimate of drug-likeness (QED) is 0.775. The molecular weight excluding hydrogens is 188 g/mol. The van der Waals surface area contributed by atoms with Crippen LogP contribution in [0.3, 0.4) is 0 Å². The molecule has 1 rings (SSSR count). The van der Waals surface area contributed by atoms with Crippen molar-refractivity contribution in [3.8, 4) is 0 Å². The molecule has 0 aromatic heterocycles. The van der Waals surface area contributed by atoms with E-state index in [-0.39, 0.29) is 5.92 Å². The van der Waals surface area contributed by atoms with E-state index in [1.807, 2.05) is 11.8 Å². The predicted octanol–water partition coefficient (Wildman–Crippen LogP) is 1.76. The molecule has 0 radical (unpaired) electrons. The van der Waals surface area contributed by atoms with Crippen molar-refractivity contribution in [1.29, 1.82) is 0 Å². The Morgan fingerprint density at radius 1 is 1.33 bits per heavy atom. The molecule has 3 heteroatoms. The Morgan fingerprint density at radius 3 is 2.27 bits per heavy atom. The van der Waals surface area contributed by atoms with Gasteiger partial charge in [-0.3, -0.25) is 4.79 Å². The Balaban J connectivity index is 2.52. The lowest BCUT2D eigenvalue weighted by molar-refractivity contribution is -0.138. The van der Waals surface area contributed by atoms with E-state index in [1.165, 1.54) is 0 Å². The summed E-state index contributed by atoms with van der Waals surface area (Å²) >= 11 is 0. The molecule has 0 heterocycles. The van der Waals surface area contributed by atoms with E-state index in [9.17, 15) is 4.79 Å². The van der Waals surface area contributed by atoms with Crippen molar-refractivity contribution in [3.63, 3.8) is 0 Å². The number of hydrogen-bond donors (Lipinski definition) is 1. The monoisotopic (exact) mass is 212 g/mol. The topological polar surface area (TPSA) is 46.3 Å². The van der Waals surface area contributed by atoms with Crippen molar-refractivity contribution in [3.05, 3.63) is 0 Å². The molecular formula is C12H24N2O. The van der Waals surface area contributed by atoms with Gasteiger partial charge in [-0.1, -0.05) is 0 Å². The minimum atomic E-state index is 0.229. The van der Waals surface area contributed by atoms with Gasteiger partial charge in [0, 0.05) is 24.5 Å². The number of carbonyl (C=O) groups excluding carboxylic acids is 1. The zero-order valence-electron chi connectivity index (χ0n) is 10.2. The first kappa shape index (κ1) is 12.5.